The predicted molar refractivity (Wildman–Crippen MR) is 66.1 cm³/mol. The van der Waals surface area contributed by atoms with Gasteiger partial charge < -0.3 is 14.6 Å². The third-order valence-electron chi connectivity index (χ3n) is 2.43. The van der Waals surface area contributed by atoms with E-state index in [4.69, 9.17) is 14.6 Å². The smallest absolute Gasteiger partial charge is 0.163 e. The first-order chi connectivity index (χ1) is 7.32. The van der Waals surface area contributed by atoms with Gasteiger partial charge in [-0.3, -0.25) is 0 Å². The standard InChI is InChI=1S/C7H12O2.C6H12O/c1-4-6-5-8-7(2,3)9-6;1-4-5(2)6(3)7/h4,6H,1,5H2,2-3H3;4-7H,1H2,2-3H3/t6-;/m0./s1. The molecule has 0 radical (unpaired) electrons. The SMILES string of the molecule is C=CC(C)C(C)O.C=C[C@H]1COC(C)(C)O1. The summed E-state index contributed by atoms with van der Waals surface area (Å²) in [6.07, 6.45) is 3.33. The molecular weight excluding hydrogens is 204 g/mol. The molecule has 3 nitrogen and oxygen atoms in total. The average Bonchev–Trinajstić information content (AvgIpc) is 2.57. The van der Waals surface area contributed by atoms with Crippen LogP contribution in [-0.4, -0.2) is 29.7 Å². The first-order valence-corrected chi connectivity index (χ1v) is 5.57. The highest BCUT2D eigenvalue weighted by atomic mass is 16.7. The summed E-state index contributed by atoms with van der Waals surface area (Å²) in [5.41, 5.74) is 0. The van der Waals surface area contributed by atoms with Crippen molar-refractivity contribution in [2.45, 2.75) is 45.7 Å². The van der Waals surface area contributed by atoms with Gasteiger partial charge in [-0.25, -0.2) is 0 Å². The number of rotatable bonds is 3. The molecule has 1 aliphatic rings. The van der Waals surface area contributed by atoms with Crippen LogP contribution in [0.25, 0.3) is 0 Å². The zero-order chi connectivity index (χ0) is 12.8. The normalized spacial score (nSPS) is 26.2. The number of hydrogen-bond donors (Lipinski definition) is 1. The minimum atomic E-state index is -0.404. The highest BCUT2D eigenvalue weighted by Crippen LogP contribution is 2.22. The quantitative estimate of drug-likeness (QED) is 0.754. The molecule has 2 unspecified atom stereocenters. The van der Waals surface area contributed by atoms with E-state index in [1.165, 1.54) is 0 Å². The van der Waals surface area contributed by atoms with E-state index in [2.05, 4.69) is 13.2 Å². The summed E-state index contributed by atoms with van der Waals surface area (Å²) in [4.78, 5) is 0. The summed E-state index contributed by atoms with van der Waals surface area (Å²) in [6, 6.07) is 0. The summed E-state index contributed by atoms with van der Waals surface area (Å²) in [7, 11) is 0. The molecule has 0 aliphatic carbocycles. The summed E-state index contributed by atoms with van der Waals surface area (Å²) in [5, 5.41) is 8.75. The van der Waals surface area contributed by atoms with E-state index >= 15 is 0 Å². The first kappa shape index (κ1) is 15.4. The molecule has 1 rings (SSSR count). The molecule has 1 aliphatic heterocycles. The van der Waals surface area contributed by atoms with Crippen LogP contribution in [0.5, 0.6) is 0 Å². The minimum absolute atomic E-state index is 0.0833. The Morgan fingerprint density at radius 1 is 1.38 bits per heavy atom. The third-order valence-corrected chi connectivity index (χ3v) is 2.43. The van der Waals surface area contributed by atoms with Crippen molar-refractivity contribution in [1.29, 1.82) is 0 Å². The van der Waals surface area contributed by atoms with Crippen molar-refractivity contribution >= 4 is 0 Å². The Morgan fingerprint density at radius 2 is 1.94 bits per heavy atom. The zero-order valence-corrected chi connectivity index (χ0v) is 10.8. The molecule has 0 aromatic rings. The van der Waals surface area contributed by atoms with Crippen LogP contribution >= 0.6 is 0 Å². The van der Waals surface area contributed by atoms with E-state index in [1.807, 2.05) is 20.8 Å². The maximum atomic E-state index is 8.75. The molecule has 3 heteroatoms. The van der Waals surface area contributed by atoms with Crippen LogP contribution in [0.15, 0.2) is 25.3 Å². The number of hydrogen-bond acceptors (Lipinski definition) is 3. The summed E-state index contributed by atoms with van der Waals surface area (Å²) >= 11 is 0. The Balaban J connectivity index is 0.000000293. The Bertz CT molecular complexity index is 221. The van der Waals surface area contributed by atoms with Crippen molar-refractivity contribution in [2.75, 3.05) is 6.61 Å². The van der Waals surface area contributed by atoms with Gasteiger partial charge in [-0.15, -0.1) is 13.2 Å². The molecule has 1 fully saturated rings. The highest BCUT2D eigenvalue weighted by Gasteiger charge is 2.30. The van der Waals surface area contributed by atoms with Gasteiger partial charge in [-0.2, -0.15) is 0 Å². The molecule has 0 spiro atoms. The summed E-state index contributed by atoms with van der Waals surface area (Å²) in [6.45, 7) is 15.2. The molecule has 1 heterocycles. The molecule has 0 saturated carbocycles. The minimum Gasteiger partial charge on any atom is -0.393 e. The largest absolute Gasteiger partial charge is 0.393 e. The zero-order valence-electron chi connectivity index (χ0n) is 10.8. The van der Waals surface area contributed by atoms with Gasteiger partial charge in [0, 0.05) is 0 Å². The topological polar surface area (TPSA) is 38.7 Å². The van der Waals surface area contributed by atoms with Crippen LogP contribution in [0.1, 0.15) is 27.7 Å². The fourth-order valence-corrected chi connectivity index (χ4v) is 1.03. The Labute approximate surface area is 98.8 Å². The van der Waals surface area contributed by atoms with Gasteiger partial charge in [0.1, 0.15) is 6.10 Å². The van der Waals surface area contributed by atoms with Crippen LogP contribution in [-0.2, 0) is 9.47 Å². The van der Waals surface area contributed by atoms with Gasteiger partial charge in [-0.05, 0) is 26.7 Å². The molecular formula is C13H24O3. The van der Waals surface area contributed by atoms with Gasteiger partial charge in [0.05, 0.1) is 12.7 Å². The third kappa shape index (κ3) is 6.05. The second-order valence-corrected chi connectivity index (χ2v) is 4.44. The van der Waals surface area contributed by atoms with Crippen molar-refractivity contribution in [2.24, 2.45) is 5.92 Å². The van der Waals surface area contributed by atoms with Gasteiger partial charge in [0.25, 0.3) is 0 Å². The molecule has 3 atom stereocenters. The lowest BCUT2D eigenvalue weighted by atomic mass is 10.1. The molecule has 94 valence electrons. The molecule has 0 bridgehead atoms. The second kappa shape index (κ2) is 6.84. The van der Waals surface area contributed by atoms with Crippen molar-refractivity contribution in [3.8, 4) is 0 Å². The average molecular weight is 228 g/mol. The molecule has 1 saturated heterocycles. The Hall–Kier alpha value is -0.640. The fourth-order valence-electron chi connectivity index (χ4n) is 1.03. The van der Waals surface area contributed by atoms with Crippen LogP contribution in [0, 0.1) is 5.92 Å². The van der Waals surface area contributed by atoms with Gasteiger partial charge in [0.15, 0.2) is 5.79 Å². The number of ether oxygens (including phenoxy) is 2. The summed E-state index contributed by atoms with van der Waals surface area (Å²) in [5.74, 6) is -0.182. The van der Waals surface area contributed by atoms with Crippen molar-refractivity contribution in [3.05, 3.63) is 25.3 Å². The molecule has 16 heavy (non-hydrogen) atoms. The number of aliphatic hydroxyl groups is 1. The second-order valence-electron chi connectivity index (χ2n) is 4.44. The van der Waals surface area contributed by atoms with Crippen LogP contribution < -0.4 is 0 Å². The molecule has 1 N–H and O–H groups in total. The van der Waals surface area contributed by atoms with E-state index in [-0.39, 0.29) is 18.1 Å². The van der Waals surface area contributed by atoms with E-state index in [0.717, 1.165) is 0 Å². The molecule has 0 amide bonds. The maximum absolute atomic E-state index is 8.75. The van der Waals surface area contributed by atoms with Crippen molar-refractivity contribution in [1.82, 2.24) is 0 Å². The van der Waals surface area contributed by atoms with Gasteiger partial charge in [-0.1, -0.05) is 19.1 Å². The van der Waals surface area contributed by atoms with E-state index < -0.39 is 5.79 Å². The van der Waals surface area contributed by atoms with Crippen LogP contribution in [0.3, 0.4) is 0 Å². The van der Waals surface area contributed by atoms with E-state index in [0.29, 0.717) is 6.61 Å². The molecule has 0 aromatic carbocycles. The van der Waals surface area contributed by atoms with Gasteiger partial charge >= 0.3 is 0 Å². The fraction of sp³-hybridized carbons (Fsp3) is 0.692. The van der Waals surface area contributed by atoms with Crippen molar-refractivity contribution in [3.63, 3.8) is 0 Å². The van der Waals surface area contributed by atoms with E-state index in [9.17, 15) is 0 Å². The predicted octanol–water partition coefficient (Wildman–Crippen LogP) is 2.51. The van der Waals surface area contributed by atoms with Crippen molar-refractivity contribution < 1.29 is 14.6 Å². The number of aliphatic hydroxyl groups excluding tert-OH is 1. The highest BCUT2D eigenvalue weighted by molar-refractivity contribution is 4.85. The first-order valence-electron chi connectivity index (χ1n) is 5.57. The lowest BCUT2D eigenvalue weighted by molar-refractivity contribution is -0.133. The Kier molecular flexibility index (Phi) is 6.56. The summed E-state index contributed by atoms with van der Waals surface area (Å²) < 4.78 is 10.6. The lowest BCUT2D eigenvalue weighted by Gasteiger charge is -2.15. The Morgan fingerprint density at radius 3 is 2.06 bits per heavy atom. The van der Waals surface area contributed by atoms with Crippen LogP contribution in [0.4, 0.5) is 0 Å². The van der Waals surface area contributed by atoms with E-state index in [1.54, 1.807) is 19.1 Å². The molecule has 0 aromatic heterocycles. The van der Waals surface area contributed by atoms with Gasteiger partial charge in [0.2, 0.25) is 0 Å². The maximum Gasteiger partial charge on any atom is 0.163 e. The monoisotopic (exact) mass is 228 g/mol. The van der Waals surface area contributed by atoms with Crippen LogP contribution in [0.2, 0.25) is 0 Å². The lowest BCUT2D eigenvalue weighted by Crippen LogP contribution is -2.20.